The van der Waals surface area contributed by atoms with Crippen LogP contribution in [-0.2, 0) is 27.8 Å². The second-order valence-corrected chi connectivity index (χ2v) is 12.3. The number of rotatable bonds is 7. The molecule has 0 aliphatic carbocycles. The topological polar surface area (TPSA) is 88.6 Å². The van der Waals surface area contributed by atoms with Gasteiger partial charge in [-0.05, 0) is 60.4 Å². The number of amides is 1. The van der Waals surface area contributed by atoms with E-state index in [0.717, 1.165) is 55.1 Å². The van der Waals surface area contributed by atoms with Crippen molar-refractivity contribution in [3.8, 4) is 17.2 Å². The molecule has 3 heterocycles. The zero-order chi connectivity index (χ0) is 27.7. The average Bonchev–Trinajstić information content (AvgIpc) is 3.44. The number of piperazine rings is 1. The van der Waals surface area contributed by atoms with Crippen molar-refractivity contribution < 1.29 is 27.4 Å². The summed E-state index contributed by atoms with van der Waals surface area (Å²) in [6, 6.07) is 17.9. The first-order valence-electron chi connectivity index (χ1n) is 13.3. The van der Waals surface area contributed by atoms with Gasteiger partial charge in [0.05, 0.1) is 15.6 Å². The number of hydrogen-bond acceptors (Lipinski definition) is 7. The van der Waals surface area contributed by atoms with Gasteiger partial charge >= 0.3 is 0 Å². The van der Waals surface area contributed by atoms with Gasteiger partial charge in [-0.3, -0.25) is 14.0 Å². The lowest BCUT2D eigenvalue weighted by atomic mass is 10.0. The maximum absolute atomic E-state index is 13.4. The van der Waals surface area contributed by atoms with Gasteiger partial charge in [0.2, 0.25) is 6.79 Å². The van der Waals surface area contributed by atoms with Gasteiger partial charge < -0.3 is 19.1 Å². The van der Waals surface area contributed by atoms with Crippen molar-refractivity contribution in [2.75, 3.05) is 50.4 Å². The number of benzene rings is 3. The van der Waals surface area contributed by atoms with Gasteiger partial charge in [-0.1, -0.05) is 35.9 Å². The molecular formula is C29H30ClN3O6S. The lowest BCUT2D eigenvalue weighted by molar-refractivity contribution is -0.135. The lowest BCUT2D eigenvalue weighted by Gasteiger charge is -2.34. The van der Waals surface area contributed by atoms with Crippen molar-refractivity contribution in [3.63, 3.8) is 0 Å². The Kier molecular flexibility index (Phi) is 7.48. The summed E-state index contributed by atoms with van der Waals surface area (Å²) in [5.41, 5.74) is 2.85. The summed E-state index contributed by atoms with van der Waals surface area (Å²) in [6.07, 6.45) is 1.60. The molecule has 3 aliphatic heterocycles. The molecule has 0 unspecified atom stereocenters. The molecule has 1 amide bonds. The third kappa shape index (κ3) is 5.43. The third-order valence-electron chi connectivity index (χ3n) is 7.48. The Hall–Kier alpha value is -3.47. The van der Waals surface area contributed by atoms with E-state index >= 15 is 0 Å². The highest BCUT2D eigenvalue weighted by molar-refractivity contribution is 7.92. The number of aryl methyl sites for hydroxylation is 1. The number of ether oxygens (including phenoxy) is 3. The zero-order valence-corrected chi connectivity index (χ0v) is 23.5. The van der Waals surface area contributed by atoms with E-state index < -0.39 is 10.0 Å². The summed E-state index contributed by atoms with van der Waals surface area (Å²) in [5.74, 6) is 1.67. The molecule has 40 heavy (non-hydrogen) atoms. The van der Waals surface area contributed by atoms with E-state index in [1.165, 1.54) is 22.5 Å². The van der Waals surface area contributed by atoms with Crippen LogP contribution in [-0.4, -0.2) is 70.2 Å². The number of carbonyl (C=O) groups excluding carboxylic acids is 1. The highest BCUT2D eigenvalue weighted by Crippen LogP contribution is 2.35. The molecule has 9 nitrogen and oxygen atoms in total. The first-order chi connectivity index (χ1) is 19.4. The molecule has 6 rings (SSSR count). The molecule has 3 aliphatic rings. The van der Waals surface area contributed by atoms with Crippen LogP contribution in [0, 0.1) is 0 Å². The predicted molar refractivity (Wildman–Crippen MR) is 151 cm³/mol. The Balaban J connectivity index is 1.03. The first-order valence-corrected chi connectivity index (χ1v) is 15.1. The minimum absolute atomic E-state index is 0.0893. The average molecular weight is 584 g/mol. The molecule has 210 valence electrons. The molecule has 0 N–H and O–H groups in total. The molecule has 11 heteroatoms. The van der Waals surface area contributed by atoms with Gasteiger partial charge in [-0.2, -0.15) is 0 Å². The van der Waals surface area contributed by atoms with Crippen LogP contribution in [0.15, 0.2) is 65.6 Å². The summed E-state index contributed by atoms with van der Waals surface area (Å²) < 4.78 is 44.8. The number of fused-ring (bicyclic) bond motifs is 2. The van der Waals surface area contributed by atoms with Gasteiger partial charge in [-0.15, -0.1) is 0 Å². The summed E-state index contributed by atoms with van der Waals surface area (Å²) in [5, 5.41) is 0.146. The van der Waals surface area contributed by atoms with E-state index in [-0.39, 0.29) is 35.0 Å². The fourth-order valence-corrected chi connectivity index (χ4v) is 7.19. The van der Waals surface area contributed by atoms with Crippen LogP contribution in [0.2, 0.25) is 5.02 Å². The normalized spacial score (nSPS) is 17.0. The van der Waals surface area contributed by atoms with Gasteiger partial charge in [0.15, 0.2) is 18.1 Å². The molecule has 1 fully saturated rings. The van der Waals surface area contributed by atoms with Crippen molar-refractivity contribution >= 4 is 33.2 Å². The molecular weight excluding hydrogens is 554 g/mol. The fraction of sp³-hybridized carbons (Fsp3) is 0.345. The monoisotopic (exact) mass is 583 g/mol. The Bertz CT molecular complexity index is 1520. The SMILES string of the molecule is O=C(COc1ccc(S(=O)(=O)N2CCCc3ccccc32)cc1Cl)N1CCN(Cc2ccc3c(c2)OCO3)CC1. The summed E-state index contributed by atoms with van der Waals surface area (Å²) in [7, 11) is -3.79. The van der Waals surface area contributed by atoms with Crippen LogP contribution in [0.1, 0.15) is 17.5 Å². The van der Waals surface area contributed by atoms with E-state index in [9.17, 15) is 13.2 Å². The zero-order valence-electron chi connectivity index (χ0n) is 21.9. The van der Waals surface area contributed by atoms with E-state index in [1.807, 2.05) is 42.5 Å². The number of nitrogens with zero attached hydrogens (tertiary/aromatic N) is 3. The Morgan fingerprint density at radius 1 is 0.925 bits per heavy atom. The first kappa shape index (κ1) is 26.7. The second kappa shape index (κ2) is 11.2. The molecule has 1 saturated heterocycles. The third-order valence-corrected chi connectivity index (χ3v) is 9.58. The second-order valence-electron chi connectivity index (χ2n) is 10.0. The van der Waals surface area contributed by atoms with E-state index in [4.69, 9.17) is 25.8 Å². The predicted octanol–water partition coefficient (Wildman–Crippen LogP) is 3.93. The minimum Gasteiger partial charge on any atom is -0.482 e. The van der Waals surface area contributed by atoms with Gasteiger partial charge in [0, 0.05) is 39.3 Å². The van der Waals surface area contributed by atoms with Crippen molar-refractivity contribution in [1.29, 1.82) is 0 Å². The number of hydrogen-bond donors (Lipinski definition) is 0. The standard InChI is InChI=1S/C29H30ClN3O6S/c30-24-17-23(40(35,36)33-11-3-5-22-4-1-2-6-25(22)33)8-10-26(24)37-19-29(34)32-14-12-31(13-15-32)18-21-7-9-27-28(16-21)39-20-38-27/h1-2,4,6-10,16-17H,3,5,11-15,18-20H2. The fourth-order valence-electron chi connectivity index (χ4n) is 5.32. The van der Waals surface area contributed by atoms with Crippen LogP contribution in [0.3, 0.4) is 0 Å². The molecule has 0 bridgehead atoms. The summed E-state index contributed by atoms with van der Waals surface area (Å²) in [6.45, 7) is 3.93. The van der Waals surface area contributed by atoms with Crippen LogP contribution in [0.25, 0.3) is 0 Å². The number of carbonyl (C=O) groups is 1. The molecule has 0 aromatic heterocycles. The number of anilines is 1. The minimum atomic E-state index is -3.79. The number of halogens is 1. The summed E-state index contributed by atoms with van der Waals surface area (Å²) in [4.78, 5) is 17.0. The Labute approximate surface area is 238 Å². The van der Waals surface area contributed by atoms with Crippen molar-refractivity contribution in [3.05, 3.63) is 76.8 Å². The maximum atomic E-state index is 13.4. The molecule has 3 aromatic rings. The summed E-state index contributed by atoms with van der Waals surface area (Å²) >= 11 is 6.42. The van der Waals surface area contributed by atoms with Gasteiger partial charge in [0.1, 0.15) is 5.75 Å². The highest BCUT2D eigenvalue weighted by Gasteiger charge is 2.30. The molecule has 3 aromatic carbocycles. The van der Waals surface area contributed by atoms with E-state index in [1.54, 1.807) is 4.90 Å². The highest BCUT2D eigenvalue weighted by atomic mass is 35.5. The van der Waals surface area contributed by atoms with Crippen molar-refractivity contribution in [2.45, 2.75) is 24.3 Å². The molecule has 0 radical (unpaired) electrons. The smallest absolute Gasteiger partial charge is 0.264 e. The van der Waals surface area contributed by atoms with Crippen LogP contribution in [0.4, 0.5) is 5.69 Å². The van der Waals surface area contributed by atoms with Crippen molar-refractivity contribution in [1.82, 2.24) is 9.80 Å². The van der Waals surface area contributed by atoms with E-state index in [2.05, 4.69) is 4.90 Å². The van der Waals surface area contributed by atoms with Gasteiger partial charge in [0.25, 0.3) is 15.9 Å². The maximum Gasteiger partial charge on any atom is 0.264 e. The molecule has 0 saturated carbocycles. The van der Waals surface area contributed by atoms with Crippen LogP contribution >= 0.6 is 11.6 Å². The molecule has 0 atom stereocenters. The van der Waals surface area contributed by atoms with Crippen molar-refractivity contribution in [2.24, 2.45) is 0 Å². The number of sulfonamides is 1. The quantitative estimate of drug-likeness (QED) is 0.416. The number of para-hydroxylation sites is 1. The lowest BCUT2D eigenvalue weighted by Crippen LogP contribution is -2.49. The Morgan fingerprint density at radius 3 is 2.55 bits per heavy atom. The van der Waals surface area contributed by atoms with E-state index in [0.29, 0.717) is 25.3 Å². The Morgan fingerprint density at radius 2 is 1.73 bits per heavy atom. The van der Waals surface area contributed by atoms with Crippen LogP contribution in [0.5, 0.6) is 17.2 Å². The van der Waals surface area contributed by atoms with Crippen LogP contribution < -0.4 is 18.5 Å². The largest absolute Gasteiger partial charge is 0.482 e. The molecule has 0 spiro atoms. The van der Waals surface area contributed by atoms with Gasteiger partial charge in [-0.25, -0.2) is 8.42 Å².